The van der Waals surface area contributed by atoms with Gasteiger partial charge < -0.3 is 9.47 Å². The molecule has 0 bridgehead atoms. The zero-order chi connectivity index (χ0) is 13.8. The quantitative estimate of drug-likeness (QED) is 0.845. The molecule has 1 aromatic rings. The zero-order valence-corrected chi connectivity index (χ0v) is 12.1. The molecule has 3 rings (SSSR count). The maximum absolute atomic E-state index is 6.14. The van der Waals surface area contributed by atoms with E-state index >= 15 is 0 Å². The van der Waals surface area contributed by atoms with Crippen LogP contribution < -0.4 is 0 Å². The van der Waals surface area contributed by atoms with Crippen LogP contribution in [0, 0.1) is 0 Å². The molecule has 2 aliphatic heterocycles. The van der Waals surface area contributed by atoms with Gasteiger partial charge in [-0.3, -0.25) is 4.90 Å². The molecule has 108 valence electrons. The first kappa shape index (κ1) is 13.8. The second-order valence-electron chi connectivity index (χ2n) is 5.92. The van der Waals surface area contributed by atoms with Gasteiger partial charge in [0.25, 0.3) is 0 Å². The van der Waals surface area contributed by atoms with Gasteiger partial charge in [0, 0.05) is 32.7 Å². The van der Waals surface area contributed by atoms with Crippen molar-refractivity contribution in [3.05, 3.63) is 42.0 Å². The normalized spacial score (nSPS) is 31.4. The molecule has 1 aromatic carbocycles. The summed E-state index contributed by atoms with van der Waals surface area (Å²) in [5.41, 5.74) is 1.20. The Labute approximate surface area is 121 Å². The summed E-state index contributed by atoms with van der Waals surface area (Å²) in [5, 5.41) is 0. The smallest absolute Gasteiger partial charge is 0.107 e. The summed E-state index contributed by atoms with van der Waals surface area (Å²) < 4.78 is 11.7. The molecule has 20 heavy (non-hydrogen) atoms. The molecule has 3 heteroatoms. The van der Waals surface area contributed by atoms with Gasteiger partial charge in [0.2, 0.25) is 0 Å². The topological polar surface area (TPSA) is 21.7 Å². The van der Waals surface area contributed by atoms with Crippen LogP contribution in [0.25, 0.3) is 6.08 Å². The summed E-state index contributed by atoms with van der Waals surface area (Å²) in [7, 11) is 0. The Morgan fingerprint density at radius 3 is 2.95 bits per heavy atom. The highest BCUT2D eigenvalue weighted by atomic mass is 16.6. The van der Waals surface area contributed by atoms with Gasteiger partial charge in [-0.05, 0) is 12.5 Å². The fourth-order valence-electron chi connectivity index (χ4n) is 3.18. The molecule has 0 saturated carbocycles. The molecule has 3 nitrogen and oxygen atoms in total. The standard InChI is InChI=1S/C17H23NO2/c1-15-12-18(13-17(20-15)9-11-19-14-17)10-5-8-16-6-3-2-4-7-16/h2-8,15H,9-14H2,1H3/b8-5+. The van der Waals surface area contributed by atoms with Crippen LogP contribution in [0.15, 0.2) is 36.4 Å². The minimum absolute atomic E-state index is 0.0573. The minimum atomic E-state index is -0.0573. The van der Waals surface area contributed by atoms with E-state index in [1.165, 1.54) is 5.56 Å². The van der Waals surface area contributed by atoms with Crippen molar-refractivity contribution in [2.45, 2.75) is 25.0 Å². The van der Waals surface area contributed by atoms with Gasteiger partial charge in [-0.15, -0.1) is 0 Å². The molecule has 2 fully saturated rings. The highest BCUT2D eigenvalue weighted by molar-refractivity contribution is 5.48. The Balaban J connectivity index is 1.58. The maximum Gasteiger partial charge on any atom is 0.107 e. The molecule has 0 aromatic heterocycles. The van der Waals surface area contributed by atoms with Crippen molar-refractivity contribution in [2.75, 3.05) is 32.8 Å². The van der Waals surface area contributed by atoms with Gasteiger partial charge in [0.05, 0.1) is 12.7 Å². The van der Waals surface area contributed by atoms with Crippen molar-refractivity contribution in [3.8, 4) is 0 Å². The van der Waals surface area contributed by atoms with Crippen molar-refractivity contribution >= 4 is 6.08 Å². The summed E-state index contributed by atoms with van der Waals surface area (Å²) in [5.74, 6) is 0. The summed E-state index contributed by atoms with van der Waals surface area (Å²) >= 11 is 0. The number of rotatable bonds is 3. The van der Waals surface area contributed by atoms with E-state index < -0.39 is 0 Å². The summed E-state index contributed by atoms with van der Waals surface area (Å²) in [6, 6.07) is 10.4. The van der Waals surface area contributed by atoms with Crippen LogP contribution in [0.3, 0.4) is 0 Å². The minimum Gasteiger partial charge on any atom is -0.378 e. The predicted molar refractivity (Wildman–Crippen MR) is 80.6 cm³/mol. The number of nitrogens with zero attached hydrogens (tertiary/aromatic N) is 1. The second kappa shape index (κ2) is 6.08. The lowest BCUT2D eigenvalue weighted by Gasteiger charge is -2.42. The lowest BCUT2D eigenvalue weighted by molar-refractivity contribution is -0.145. The SMILES string of the molecule is CC1CN(C/C=C/c2ccccc2)CC2(CCOC2)O1. The first-order valence-electron chi connectivity index (χ1n) is 7.45. The predicted octanol–water partition coefficient (Wildman–Crippen LogP) is 2.58. The van der Waals surface area contributed by atoms with Crippen LogP contribution in [0.2, 0.25) is 0 Å². The second-order valence-corrected chi connectivity index (χ2v) is 5.92. The molecule has 1 spiro atoms. The lowest BCUT2D eigenvalue weighted by Crippen LogP contribution is -2.55. The van der Waals surface area contributed by atoms with Crippen LogP contribution in [-0.4, -0.2) is 49.5 Å². The Morgan fingerprint density at radius 2 is 2.20 bits per heavy atom. The van der Waals surface area contributed by atoms with E-state index in [0.717, 1.165) is 39.3 Å². The Morgan fingerprint density at radius 1 is 1.35 bits per heavy atom. The van der Waals surface area contributed by atoms with E-state index in [2.05, 4.69) is 48.2 Å². The fraction of sp³-hybridized carbons (Fsp3) is 0.529. The lowest BCUT2D eigenvalue weighted by atomic mass is 9.99. The first-order valence-corrected chi connectivity index (χ1v) is 7.45. The monoisotopic (exact) mass is 273 g/mol. The number of ether oxygens (including phenoxy) is 2. The van der Waals surface area contributed by atoms with Crippen LogP contribution in [0.5, 0.6) is 0 Å². The number of hydrogen-bond donors (Lipinski definition) is 0. The van der Waals surface area contributed by atoms with Crippen molar-refractivity contribution < 1.29 is 9.47 Å². The van der Waals surface area contributed by atoms with Gasteiger partial charge in [-0.25, -0.2) is 0 Å². The highest BCUT2D eigenvalue weighted by Crippen LogP contribution is 2.29. The van der Waals surface area contributed by atoms with Gasteiger partial charge in [-0.1, -0.05) is 42.5 Å². The number of benzene rings is 1. The molecular formula is C17H23NO2. The average Bonchev–Trinajstić information content (AvgIpc) is 2.87. The molecule has 2 unspecified atom stereocenters. The molecule has 2 aliphatic rings. The molecule has 0 aliphatic carbocycles. The molecule has 2 heterocycles. The number of hydrogen-bond acceptors (Lipinski definition) is 3. The third kappa shape index (κ3) is 3.29. The third-order valence-electron chi connectivity index (χ3n) is 4.02. The highest BCUT2D eigenvalue weighted by Gasteiger charge is 2.42. The molecule has 0 amide bonds. The van der Waals surface area contributed by atoms with Crippen LogP contribution >= 0.6 is 0 Å². The maximum atomic E-state index is 6.14. The number of morpholine rings is 1. The van der Waals surface area contributed by atoms with Gasteiger partial charge in [0.1, 0.15) is 5.60 Å². The van der Waals surface area contributed by atoms with Gasteiger partial charge >= 0.3 is 0 Å². The van der Waals surface area contributed by atoms with E-state index in [1.807, 2.05) is 6.07 Å². The molecule has 0 N–H and O–H groups in total. The van der Waals surface area contributed by atoms with Crippen molar-refractivity contribution in [1.29, 1.82) is 0 Å². The molecule has 2 saturated heterocycles. The van der Waals surface area contributed by atoms with Crippen molar-refractivity contribution in [2.24, 2.45) is 0 Å². The van der Waals surface area contributed by atoms with Crippen molar-refractivity contribution in [3.63, 3.8) is 0 Å². The zero-order valence-electron chi connectivity index (χ0n) is 12.1. The average molecular weight is 273 g/mol. The summed E-state index contributed by atoms with van der Waals surface area (Å²) in [6.07, 6.45) is 5.75. The van der Waals surface area contributed by atoms with E-state index in [0.29, 0.717) is 0 Å². The van der Waals surface area contributed by atoms with E-state index in [-0.39, 0.29) is 11.7 Å². The largest absolute Gasteiger partial charge is 0.378 e. The molecular weight excluding hydrogens is 250 g/mol. The fourth-order valence-corrected chi connectivity index (χ4v) is 3.18. The molecule has 0 radical (unpaired) electrons. The van der Waals surface area contributed by atoms with E-state index in [9.17, 15) is 0 Å². The first-order chi connectivity index (χ1) is 9.76. The Kier molecular flexibility index (Phi) is 4.20. The Hall–Kier alpha value is -1.16. The van der Waals surface area contributed by atoms with Gasteiger partial charge in [-0.2, -0.15) is 0 Å². The van der Waals surface area contributed by atoms with Gasteiger partial charge in [0.15, 0.2) is 0 Å². The molecule has 2 atom stereocenters. The third-order valence-corrected chi connectivity index (χ3v) is 4.02. The van der Waals surface area contributed by atoms with Crippen LogP contribution in [0.4, 0.5) is 0 Å². The summed E-state index contributed by atoms with van der Waals surface area (Å²) in [6.45, 7) is 6.70. The Bertz CT molecular complexity index is 451. The van der Waals surface area contributed by atoms with Crippen LogP contribution in [0.1, 0.15) is 18.9 Å². The van der Waals surface area contributed by atoms with E-state index in [4.69, 9.17) is 9.47 Å². The summed E-state index contributed by atoms with van der Waals surface area (Å²) in [4.78, 5) is 2.47. The van der Waals surface area contributed by atoms with Crippen LogP contribution in [-0.2, 0) is 9.47 Å². The van der Waals surface area contributed by atoms with E-state index in [1.54, 1.807) is 0 Å². The van der Waals surface area contributed by atoms with Crippen molar-refractivity contribution in [1.82, 2.24) is 4.90 Å².